The zero-order valence-electron chi connectivity index (χ0n) is 11.5. The van der Waals surface area contributed by atoms with E-state index in [9.17, 15) is 0 Å². The van der Waals surface area contributed by atoms with Crippen molar-refractivity contribution < 1.29 is 9.31 Å². The van der Waals surface area contributed by atoms with E-state index in [1.807, 2.05) is 12.4 Å². The van der Waals surface area contributed by atoms with Gasteiger partial charge in [0, 0.05) is 18.2 Å². The molecule has 96 valence electrons. The first-order chi connectivity index (χ1) is 8.41. The van der Waals surface area contributed by atoms with Gasteiger partial charge in [-0.15, -0.1) is 0 Å². The van der Waals surface area contributed by atoms with Gasteiger partial charge in [-0.1, -0.05) is 0 Å². The predicted molar refractivity (Wildman–Crippen MR) is 71.4 cm³/mol. The van der Waals surface area contributed by atoms with Crippen molar-refractivity contribution in [2.75, 3.05) is 0 Å². The molecule has 1 aromatic rings. The summed E-state index contributed by atoms with van der Waals surface area (Å²) in [5.74, 6) is 1.07. The van der Waals surface area contributed by atoms with E-state index in [1.165, 1.54) is 5.56 Å². The van der Waals surface area contributed by atoms with E-state index in [0.29, 0.717) is 11.7 Å². The summed E-state index contributed by atoms with van der Waals surface area (Å²) in [6.45, 7) is 8.43. The molecular formula is C14H20BNO2. The highest BCUT2D eigenvalue weighted by Crippen LogP contribution is 2.58. The molecule has 0 aromatic carbocycles. The first-order valence-corrected chi connectivity index (χ1v) is 6.66. The maximum atomic E-state index is 6.10. The number of pyridine rings is 1. The molecule has 2 fully saturated rings. The van der Waals surface area contributed by atoms with Crippen LogP contribution < -0.4 is 0 Å². The lowest BCUT2D eigenvalue weighted by atomic mass is 9.80. The molecule has 3 rings (SSSR count). The lowest BCUT2D eigenvalue weighted by molar-refractivity contribution is 0.00578. The van der Waals surface area contributed by atoms with E-state index in [1.54, 1.807) is 0 Å². The maximum absolute atomic E-state index is 6.10. The number of aromatic nitrogens is 1. The SMILES string of the molecule is CC1(C)OB([C@@H]2C[C@H]2c2ccncc2)OC1(C)C. The number of hydrogen-bond donors (Lipinski definition) is 0. The molecule has 1 aliphatic heterocycles. The number of rotatable bonds is 2. The lowest BCUT2D eigenvalue weighted by Gasteiger charge is -2.32. The molecule has 1 aromatic heterocycles. The van der Waals surface area contributed by atoms with Crippen molar-refractivity contribution >= 4 is 7.12 Å². The summed E-state index contributed by atoms with van der Waals surface area (Å²) in [5, 5.41) is 0. The van der Waals surface area contributed by atoms with E-state index in [4.69, 9.17) is 9.31 Å². The molecule has 2 aliphatic rings. The van der Waals surface area contributed by atoms with Gasteiger partial charge >= 0.3 is 7.12 Å². The second kappa shape index (κ2) is 3.81. The first-order valence-electron chi connectivity index (χ1n) is 6.66. The van der Waals surface area contributed by atoms with Crippen LogP contribution in [0.5, 0.6) is 0 Å². The van der Waals surface area contributed by atoms with E-state index in [2.05, 4.69) is 44.8 Å². The van der Waals surface area contributed by atoms with Gasteiger partial charge in [-0.25, -0.2) is 0 Å². The van der Waals surface area contributed by atoms with Crippen LogP contribution in [0.3, 0.4) is 0 Å². The van der Waals surface area contributed by atoms with E-state index in [-0.39, 0.29) is 18.3 Å². The van der Waals surface area contributed by atoms with Gasteiger partial charge in [-0.05, 0) is 57.7 Å². The second-order valence-corrected chi connectivity index (χ2v) is 6.41. The average Bonchev–Trinajstić information content (AvgIpc) is 3.04. The Bertz CT molecular complexity index is 430. The third-order valence-corrected chi connectivity index (χ3v) is 4.60. The summed E-state index contributed by atoms with van der Waals surface area (Å²) in [5.41, 5.74) is 0.913. The fourth-order valence-corrected chi connectivity index (χ4v) is 2.57. The van der Waals surface area contributed by atoms with Crippen molar-refractivity contribution in [3.8, 4) is 0 Å². The summed E-state index contributed by atoms with van der Waals surface area (Å²) < 4.78 is 12.2. The summed E-state index contributed by atoms with van der Waals surface area (Å²) in [7, 11) is -0.0619. The molecule has 18 heavy (non-hydrogen) atoms. The molecule has 0 N–H and O–H groups in total. The second-order valence-electron chi connectivity index (χ2n) is 6.41. The Labute approximate surface area is 109 Å². The molecule has 2 heterocycles. The van der Waals surface area contributed by atoms with E-state index < -0.39 is 0 Å². The fraction of sp³-hybridized carbons (Fsp3) is 0.643. The highest BCUT2D eigenvalue weighted by Gasteiger charge is 2.59. The Morgan fingerprint density at radius 3 is 2.22 bits per heavy atom. The number of hydrogen-bond acceptors (Lipinski definition) is 3. The van der Waals surface area contributed by atoms with Gasteiger partial charge < -0.3 is 9.31 Å². The van der Waals surface area contributed by atoms with Gasteiger partial charge in [-0.3, -0.25) is 4.98 Å². The Kier molecular flexibility index (Phi) is 2.58. The van der Waals surface area contributed by atoms with Gasteiger partial charge in [0.15, 0.2) is 0 Å². The monoisotopic (exact) mass is 245 g/mol. The smallest absolute Gasteiger partial charge is 0.403 e. The van der Waals surface area contributed by atoms with E-state index >= 15 is 0 Å². The predicted octanol–water partition coefficient (Wildman–Crippen LogP) is 3.03. The third kappa shape index (κ3) is 1.88. The fourth-order valence-electron chi connectivity index (χ4n) is 2.57. The van der Waals surface area contributed by atoms with Gasteiger partial charge in [0.1, 0.15) is 0 Å². The Hall–Kier alpha value is -0.865. The molecule has 2 atom stereocenters. The molecule has 0 amide bonds. The lowest BCUT2D eigenvalue weighted by Crippen LogP contribution is -2.41. The zero-order valence-corrected chi connectivity index (χ0v) is 11.5. The Morgan fingerprint density at radius 1 is 1.11 bits per heavy atom. The van der Waals surface area contributed by atoms with Crippen LogP contribution >= 0.6 is 0 Å². The van der Waals surface area contributed by atoms with E-state index in [0.717, 1.165) is 6.42 Å². The van der Waals surface area contributed by atoms with Gasteiger partial charge in [-0.2, -0.15) is 0 Å². The minimum absolute atomic E-state index is 0.0619. The van der Waals surface area contributed by atoms with Crippen molar-refractivity contribution in [2.24, 2.45) is 0 Å². The van der Waals surface area contributed by atoms with Crippen LogP contribution in [0.2, 0.25) is 5.82 Å². The van der Waals surface area contributed by atoms with Gasteiger partial charge in [0.2, 0.25) is 0 Å². The summed E-state index contributed by atoms with van der Waals surface area (Å²) >= 11 is 0. The van der Waals surface area contributed by atoms with Gasteiger partial charge in [0.25, 0.3) is 0 Å². The molecule has 3 nitrogen and oxygen atoms in total. The van der Waals surface area contributed by atoms with Crippen LogP contribution in [-0.4, -0.2) is 23.3 Å². The average molecular weight is 245 g/mol. The normalized spacial score (nSPS) is 32.6. The van der Waals surface area contributed by atoms with Gasteiger partial charge in [0.05, 0.1) is 11.2 Å². The van der Waals surface area contributed by atoms with Crippen molar-refractivity contribution in [3.05, 3.63) is 30.1 Å². The standard InChI is InChI=1S/C14H20BNO2/c1-13(2)14(3,4)18-15(17-13)12-9-11(12)10-5-7-16-8-6-10/h5-8,11-12H,9H2,1-4H3/t11-,12+/m0/s1. The molecule has 0 unspecified atom stereocenters. The molecule has 1 aliphatic carbocycles. The largest absolute Gasteiger partial charge is 0.461 e. The molecular weight excluding hydrogens is 225 g/mol. The number of nitrogens with zero attached hydrogens (tertiary/aromatic N) is 1. The van der Waals surface area contributed by atoms with Crippen molar-refractivity contribution in [2.45, 2.75) is 57.1 Å². The molecule has 0 spiro atoms. The first kappa shape index (κ1) is 12.2. The van der Waals surface area contributed by atoms with Crippen molar-refractivity contribution in [1.82, 2.24) is 4.98 Å². The highest BCUT2D eigenvalue weighted by atomic mass is 16.7. The molecule has 1 saturated heterocycles. The Morgan fingerprint density at radius 2 is 1.67 bits per heavy atom. The maximum Gasteiger partial charge on any atom is 0.461 e. The van der Waals surface area contributed by atoms with Crippen LogP contribution in [-0.2, 0) is 9.31 Å². The molecule has 1 saturated carbocycles. The summed E-state index contributed by atoms with van der Waals surface area (Å²) in [6.07, 6.45) is 4.87. The van der Waals surface area contributed by atoms with Crippen LogP contribution in [0.1, 0.15) is 45.6 Å². The quantitative estimate of drug-likeness (QED) is 0.750. The zero-order chi connectivity index (χ0) is 13.0. The van der Waals surface area contributed by atoms with Crippen LogP contribution in [0.15, 0.2) is 24.5 Å². The summed E-state index contributed by atoms with van der Waals surface area (Å²) in [6, 6.07) is 4.19. The summed E-state index contributed by atoms with van der Waals surface area (Å²) in [4.78, 5) is 4.06. The molecule has 0 bridgehead atoms. The highest BCUT2D eigenvalue weighted by molar-refractivity contribution is 6.49. The minimum Gasteiger partial charge on any atom is -0.403 e. The molecule has 4 heteroatoms. The third-order valence-electron chi connectivity index (χ3n) is 4.60. The topological polar surface area (TPSA) is 31.4 Å². The van der Waals surface area contributed by atoms with Crippen molar-refractivity contribution in [3.63, 3.8) is 0 Å². The van der Waals surface area contributed by atoms with Crippen LogP contribution in [0.25, 0.3) is 0 Å². The van der Waals surface area contributed by atoms with Crippen LogP contribution in [0.4, 0.5) is 0 Å². The Balaban J connectivity index is 1.70. The molecule has 0 radical (unpaired) electrons. The van der Waals surface area contributed by atoms with Crippen molar-refractivity contribution in [1.29, 1.82) is 0 Å². The minimum atomic E-state index is -0.219. The van der Waals surface area contributed by atoms with Crippen LogP contribution in [0, 0.1) is 0 Å².